The number of Topliss-reactive ketones (excluding diaryl/α,β-unsaturated/α-hetero) is 1. The van der Waals surface area contributed by atoms with Crippen molar-refractivity contribution in [2.45, 2.75) is 41.5 Å². The molecule has 3 nitrogen and oxygen atoms in total. The van der Waals surface area contributed by atoms with Gasteiger partial charge in [-0.2, -0.15) is 11.8 Å². The standard InChI is InChI=1S/C7H14O.C6H8O2.Y/c1-5(2)6(3)7(4)8;1-5(3-7)6(2)4-8;/h5-6H,1-4H3;5-6H,1-2H3;/q;-2;. The molecule has 0 N–H and O–H groups in total. The molecule has 0 bridgehead atoms. The zero-order valence-corrected chi connectivity index (χ0v) is 14.4. The Hall–Kier alpha value is 0.114. The molecule has 3 unspecified atom stereocenters. The Balaban J connectivity index is -0.000000218. The van der Waals surface area contributed by atoms with Gasteiger partial charge in [0.1, 0.15) is 5.78 Å². The zero-order chi connectivity index (χ0) is 13.3. The third-order valence-corrected chi connectivity index (χ3v) is 2.76. The minimum absolute atomic E-state index is 0. The van der Waals surface area contributed by atoms with Gasteiger partial charge in [0.05, 0.1) is 0 Å². The Bertz CT molecular complexity index is 215. The number of rotatable bonds is 5. The predicted molar refractivity (Wildman–Crippen MR) is 64.4 cm³/mol. The maximum Gasteiger partial charge on any atom is 0.132 e. The SMILES string of the molecule is CC(=O)C(C)C(C)C.CC([C-]=O)C(C)[C-]=O.[Y]. The van der Waals surface area contributed by atoms with Crippen molar-refractivity contribution >= 4 is 18.4 Å². The van der Waals surface area contributed by atoms with Crippen LogP contribution < -0.4 is 0 Å². The molecule has 0 rings (SSSR count). The molecule has 17 heavy (non-hydrogen) atoms. The van der Waals surface area contributed by atoms with Crippen LogP contribution >= 0.6 is 0 Å². The molecule has 0 spiro atoms. The van der Waals surface area contributed by atoms with Gasteiger partial charge in [0, 0.05) is 38.6 Å². The second kappa shape index (κ2) is 12.6. The smallest absolute Gasteiger partial charge is 0.132 e. The van der Waals surface area contributed by atoms with E-state index in [1.54, 1.807) is 33.3 Å². The van der Waals surface area contributed by atoms with E-state index in [1.165, 1.54) is 0 Å². The fraction of sp³-hybridized carbons (Fsp3) is 0.769. The van der Waals surface area contributed by atoms with Crippen molar-refractivity contribution in [1.29, 1.82) is 0 Å². The topological polar surface area (TPSA) is 51.2 Å². The van der Waals surface area contributed by atoms with Gasteiger partial charge in [0.25, 0.3) is 0 Å². The van der Waals surface area contributed by atoms with Crippen LogP contribution in [0.1, 0.15) is 41.5 Å². The molecule has 3 atom stereocenters. The molecule has 0 aliphatic heterocycles. The summed E-state index contributed by atoms with van der Waals surface area (Å²) in [4.78, 5) is 30.2. The Kier molecular flexibility index (Phi) is 16.5. The molecular formula is C13H22O3Y-2. The van der Waals surface area contributed by atoms with Crippen molar-refractivity contribution < 1.29 is 47.1 Å². The monoisotopic (exact) mass is 315 g/mol. The molecule has 0 saturated heterocycles. The molecule has 0 aliphatic rings. The summed E-state index contributed by atoms with van der Waals surface area (Å²) in [5, 5.41) is 0. The van der Waals surface area contributed by atoms with Crippen molar-refractivity contribution in [3.63, 3.8) is 0 Å². The summed E-state index contributed by atoms with van der Waals surface area (Å²) >= 11 is 0. The van der Waals surface area contributed by atoms with Crippen LogP contribution in [0.25, 0.3) is 0 Å². The summed E-state index contributed by atoms with van der Waals surface area (Å²) in [6.45, 7) is 11.0. The summed E-state index contributed by atoms with van der Waals surface area (Å²) in [5.41, 5.74) is 0. The van der Waals surface area contributed by atoms with Crippen LogP contribution in [0.15, 0.2) is 0 Å². The Morgan fingerprint density at radius 1 is 0.882 bits per heavy atom. The maximum atomic E-state index is 10.6. The first kappa shape index (κ1) is 22.3. The van der Waals surface area contributed by atoms with E-state index in [1.807, 2.05) is 6.92 Å². The quantitative estimate of drug-likeness (QED) is 0.732. The molecule has 0 aromatic rings. The van der Waals surface area contributed by atoms with Crippen molar-refractivity contribution in [3.05, 3.63) is 0 Å². The summed E-state index contributed by atoms with van der Waals surface area (Å²) in [6, 6.07) is 0. The molecule has 0 fully saturated rings. The van der Waals surface area contributed by atoms with Gasteiger partial charge in [0.15, 0.2) is 0 Å². The van der Waals surface area contributed by atoms with Gasteiger partial charge >= 0.3 is 0 Å². The first-order valence-corrected chi connectivity index (χ1v) is 5.53. The largest absolute Gasteiger partial charge is 0.542 e. The molecule has 0 amide bonds. The third-order valence-electron chi connectivity index (χ3n) is 2.76. The summed E-state index contributed by atoms with van der Waals surface area (Å²) < 4.78 is 0. The minimum atomic E-state index is -0.313. The van der Waals surface area contributed by atoms with E-state index in [0.29, 0.717) is 11.7 Å². The predicted octanol–water partition coefficient (Wildman–Crippen LogP) is 2.34. The average molecular weight is 315 g/mol. The second-order valence-electron chi connectivity index (χ2n) is 4.46. The molecule has 0 heterocycles. The maximum absolute atomic E-state index is 10.6. The number of hydrogen-bond acceptors (Lipinski definition) is 3. The van der Waals surface area contributed by atoms with Gasteiger partial charge in [0.2, 0.25) is 0 Å². The Morgan fingerprint density at radius 3 is 1.24 bits per heavy atom. The van der Waals surface area contributed by atoms with Crippen LogP contribution in [0.4, 0.5) is 0 Å². The Morgan fingerprint density at radius 2 is 1.18 bits per heavy atom. The van der Waals surface area contributed by atoms with Gasteiger partial charge < -0.3 is 9.59 Å². The van der Waals surface area contributed by atoms with Crippen molar-refractivity contribution in [1.82, 2.24) is 0 Å². The molecule has 0 saturated carbocycles. The van der Waals surface area contributed by atoms with Crippen LogP contribution in [0.2, 0.25) is 0 Å². The number of carbonyl (C=O) groups is 1. The molecule has 97 valence electrons. The fourth-order valence-corrected chi connectivity index (χ4v) is 0.674. The van der Waals surface area contributed by atoms with Crippen molar-refractivity contribution in [2.24, 2.45) is 23.7 Å². The Labute approximate surface area is 130 Å². The van der Waals surface area contributed by atoms with Crippen LogP contribution in [0.5, 0.6) is 0 Å². The summed E-state index contributed by atoms with van der Waals surface area (Å²) in [6.07, 6.45) is 3.41. The molecule has 1 radical (unpaired) electrons. The van der Waals surface area contributed by atoms with Crippen LogP contribution in [0, 0.1) is 23.7 Å². The summed E-state index contributed by atoms with van der Waals surface area (Å²) in [7, 11) is 0. The first-order chi connectivity index (χ1) is 7.27. The number of carbonyl (C=O) groups excluding carboxylic acids is 3. The number of ketones is 1. The minimum Gasteiger partial charge on any atom is -0.542 e. The molecule has 0 aliphatic carbocycles. The van der Waals surface area contributed by atoms with Gasteiger partial charge in [-0.3, -0.25) is 17.4 Å². The van der Waals surface area contributed by atoms with E-state index in [2.05, 4.69) is 13.8 Å². The van der Waals surface area contributed by atoms with E-state index in [0.717, 1.165) is 0 Å². The van der Waals surface area contributed by atoms with E-state index >= 15 is 0 Å². The number of hydrogen-bond donors (Lipinski definition) is 0. The van der Waals surface area contributed by atoms with Crippen molar-refractivity contribution in [3.8, 4) is 0 Å². The average Bonchev–Trinajstić information content (AvgIpc) is 2.26. The zero-order valence-electron chi connectivity index (χ0n) is 11.6. The normalized spacial score (nSPS) is 14.5. The van der Waals surface area contributed by atoms with E-state index < -0.39 is 0 Å². The molecule has 0 aromatic heterocycles. The van der Waals surface area contributed by atoms with Gasteiger partial charge in [-0.15, -0.1) is 0 Å². The second-order valence-corrected chi connectivity index (χ2v) is 4.46. The summed E-state index contributed by atoms with van der Waals surface area (Å²) in [5.74, 6) is 0.391. The van der Waals surface area contributed by atoms with E-state index in [-0.39, 0.29) is 50.5 Å². The molecule has 4 heteroatoms. The van der Waals surface area contributed by atoms with Gasteiger partial charge in [-0.05, 0) is 12.8 Å². The fourth-order valence-electron chi connectivity index (χ4n) is 0.674. The third kappa shape index (κ3) is 12.4. The van der Waals surface area contributed by atoms with Crippen LogP contribution in [0.3, 0.4) is 0 Å². The van der Waals surface area contributed by atoms with Gasteiger partial charge in [-0.25, -0.2) is 0 Å². The molecule has 0 aromatic carbocycles. The van der Waals surface area contributed by atoms with Crippen LogP contribution in [-0.4, -0.2) is 18.4 Å². The van der Waals surface area contributed by atoms with Crippen LogP contribution in [-0.2, 0) is 47.1 Å². The molecular weight excluding hydrogens is 293 g/mol. The first-order valence-electron chi connectivity index (χ1n) is 5.53. The van der Waals surface area contributed by atoms with E-state index in [4.69, 9.17) is 0 Å². The van der Waals surface area contributed by atoms with Gasteiger partial charge in [-0.1, -0.05) is 34.6 Å². The van der Waals surface area contributed by atoms with E-state index in [9.17, 15) is 14.4 Å². The van der Waals surface area contributed by atoms with Crippen molar-refractivity contribution in [2.75, 3.05) is 0 Å².